The van der Waals surface area contributed by atoms with Crippen molar-refractivity contribution in [2.45, 2.75) is 83.2 Å². The molecule has 4 unspecified atom stereocenters. The second kappa shape index (κ2) is 11.5. The minimum atomic E-state index is -3.88. The molecule has 2 rings (SSSR count). The van der Waals surface area contributed by atoms with Gasteiger partial charge >= 0.3 is 6.09 Å². The van der Waals surface area contributed by atoms with Crippen molar-refractivity contribution in [3.8, 4) is 0 Å². The number of amides is 2. The van der Waals surface area contributed by atoms with Gasteiger partial charge in [0, 0.05) is 19.3 Å². The number of sulfonamides is 1. The summed E-state index contributed by atoms with van der Waals surface area (Å²) in [6.45, 7) is 10.9. The van der Waals surface area contributed by atoms with Gasteiger partial charge in [-0.2, -0.15) is 4.31 Å². The zero-order valence-corrected chi connectivity index (χ0v) is 21.6. The van der Waals surface area contributed by atoms with E-state index in [9.17, 15) is 23.1 Å². The number of rotatable bonds is 7. The highest BCUT2D eigenvalue weighted by Gasteiger charge is 2.38. The minimum absolute atomic E-state index is 0.0871. The third-order valence-electron chi connectivity index (χ3n) is 5.52. The van der Waals surface area contributed by atoms with Crippen molar-refractivity contribution in [3.63, 3.8) is 0 Å². The van der Waals surface area contributed by atoms with E-state index < -0.39 is 45.8 Å². The number of hydrogen-bond donors (Lipinski definition) is 3. The maximum atomic E-state index is 13.1. The van der Waals surface area contributed by atoms with Crippen molar-refractivity contribution in [3.05, 3.63) is 24.4 Å². The largest absolute Gasteiger partial charge is 0.444 e. The van der Waals surface area contributed by atoms with Crippen LogP contribution in [0.4, 0.5) is 4.79 Å². The monoisotopic (exact) mass is 498 g/mol. The summed E-state index contributed by atoms with van der Waals surface area (Å²) in [7, 11) is -3.88. The Hall–Kier alpha value is -2.24. The van der Waals surface area contributed by atoms with Crippen molar-refractivity contribution in [2.24, 2.45) is 11.8 Å². The first-order valence-electron chi connectivity index (χ1n) is 11.6. The Morgan fingerprint density at radius 3 is 2.53 bits per heavy atom. The lowest BCUT2D eigenvalue weighted by Gasteiger charge is -2.30. The van der Waals surface area contributed by atoms with Crippen LogP contribution in [0.15, 0.2) is 29.4 Å². The number of pyridine rings is 1. The lowest BCUT2D eigenvalue weighted by Crippen LogP contribution is -2.56. The fraction of sp³-hybridized carbons (Fsp3) is 0.696. The molecule has 4 atom stereocenters. The summed E-state index contributed by atoms with van der Waals surface area (Å²) < 4.78 is 32.5. The number of aromatic nitrogens is 1. The first-order chi connectivity index (χ1) is 15.7. The Bertz CT molecular complexity index is 933. The smallest absolute Gasteiger partial charge is 0.408 e. The van der Waals surface area contributed by atoms with E-state index in [-0.39, 0.29) is 30.0 Å². The zero-order valence-electron chi connectivity index (χ0n) is 20.8. The number of carbonyl (C=O) groups is 2. The number of β-amino-alcohol motifs (C(OH)–C–C–N with tert-alkyl or cyclic N) is 1. The fourth-order valence-electron chi connectivity index (χ4n) is 3.83. The van der Waals surface area contributed by atoms with E-state index in [2.05, 4.69) is 15.6 Å². The van der Waals surface area contributed by atoms with Gasteiger partial charge in [-0.05, 0) is 57.6 Å². The Morgan fingerprint density at radius 1 is 1.29 bits per heavy atom. The molecule has 1 aliphatic rings. The van der Waals surface area contributed by atoms with E-state index in [0.717, 1.165) is 0 Å². The molecule has 1 saturated heterocycles. The van der Waals surface area contributed by atoms with Gasteiger partial charge in [0.2, 0.25) is 5.91 Å². The van der Waals surface area contributed by atoms with Crippen molar-refractivity contribution in [1.82, 2.24) is 19.9 Å². The van der Waals surface area contributed by atoms with Crippen LogP contribution in [-0.4, -0.2) is 71.7 Å². The lowest BCUT2D eigenvalue weighted by atomic mass is 9.94. The van der Waals surface area contributed by atoms with E-state index in [1.54, 1.807) is 32.9 Å². The number of hydrogen-bond acceptors (Lipinski definition) is 7. The molecule has 0 radical (unpaired) electrons. The zero-order chi connectivity index (χ0) is 25.7. The van der Waals surface area contributed by atoms with Gasteiger partial charge < -0.3 is 20.5 Å². The topological polar surface area (TPSA) is 138 Å². The van der Waals surface area contributed by atoms with Crippen LogP contribution in [0.3, 0.4) is 0 Å². The molecule has 192 valence electrons. The van der Waals surface area contributed by atoms with Gasteiger partial charge in [-0.25, -0.2) is 18.2 Å². The molecule has 1 aliphatic heterocycles. The number of aliphatic hydroxyl groups excluding tert-OH is 1. The highest BCUT2D eigenvalue weighted by Crippen LogP contribution is 2.23. The van der Waals surface area contributed by atoms with E-state index in [1.165, 1.54) is 16.6 Å². The average molecular weight is 499 g/mol. The summed E-state index contributed by atoms with van der Waals surface area (Å²) >= 11 is 0. The second-order valence-electron chi connectivity index (χ2n) is 10.2. The minimum Gasteiger partial charge on any atom is -0.444 e. The summed E-state index contributed by atoms with van der Waals surface area (Å²) in [6.07, 6.45) is 0.376. The molecular formula is C23H38N4O6S. The third kappa shape index (κ3) is 7.92. The molecular weight excluding hydrogens is 460 g/mol. The Labute approximate surface area is 202 Å². The van der Waals surface area contributed by atoms with Crippen molar-refractivity contribution in [2.75, 3.05) is 13.1 Å². The van der Waals surface area contributed by atoms with Crippen LogP contribution in [0.5, 0.6) is 0 Å². The molecule has 0 saturated carbocycles. The molecule has 2 heterocycles. The number of carbonyl (C=O) groups excluding carboxylic acids is 2. The molecule has 3 N–H and O–H groups in total. The average Bonchev–Trinajstić information content (AvgIpc) is 2.86. The molecule has 0 aromatic carbocycles. The van der Waals surface area contributed by atoms with Crippen LogP contribution >= 0.6 is 0 Å². The molecule has 1 aromatic heterocycles. The summed E-state index contributed by atoms with van der Waals surface area (Å²) in [5, 5.41) is 16.3. The maximum Gasteiger partial charge on any atom is 0.408 e. The number of nitrogens with one attached hydrogen (secondary N) is 2. The molecule has 10 nitrogen and oxygen atoms in total. The van der Waals surface area contributed by atoms with Gasteiger partial charge in [0.1, 0.15) is 11.6 Å². The molecule has 2 amide bonds. The third-order valence-corrected chi connectivity index (χ3v) is 7.30. The number of ether oxygens (including phenoxy) is 1. The molecule has 0 aliphatic carbocycles. The summed E-state index contributed by atoms with van der Waals surface area (Å²) in [5.74, 6) is -0.540. The standard InChI is InChI=1S/C23H38N4O6S/c1-15(2)13-17(25-22(30)33-23(4,5)6)21(29)26-20-16(3)10-12-27(14-18(20)28)34(31,32)19-9-7-8-11-24-19/h7-9,11,15-18,20,28H,10,12-14H2,1-6H3,(H,25,30)(H,26,29). The van der Waals surface area contributed by atoms with Crippen LogP contribution in [0, 0.1) is 11.8 Å². The summed E-state index contributed by atoms with van der Waals surface area (Å²) in [4.78, 5) is 29.3. The van der Waals surface area contributed by atoms with Gasteiger partial charge in [0.15, 0.2) is 5.03 Å². The highest BCUT2D eigenvalue weighted by atomic mass is 32.2. The molecule has 0 bridgehead atoms. The van der Waals surface area contributed by atoms with Crippen LogP contribution in [0.1, 0.15) is 54.4 Å². The molecule has 0 spiro atoms. The number of nitrogens with zero attached hydrogens (tertiary/aromatic N) is 2. The summed E-state index contributed by atoms with van der Waals surface area (Å²) in [6, 6.07) is 3.08. The molecule has 1 fully saturated rings. The fourth-order valence-corrected chi connectivity index (χ4v) is 5.23. The second-order valence-corrected chi connectivity index (χ2v) is 12.1. The van der Waals surface area contributed by atoms with Crippen molar-refractivity contribution in [1.29, 1.82) is 0 Å². The Morgan fingerprint density at radius 2 is 1.97 bits per heavy atom. The Kier molecular flexibility index (Phi) is 9.44. The predicted octanol–water partition coefficient (Wildman–Crippen LogP) is 1.90. The lowest BCUT2D eigenvalue weighted by molar-refractivity contribution is -0.125. The maximum absolute atomic E-state index is 13.1. The van der Waals surface area contributed by atoms with E-state index in [0.29, 0.717) is 12.8 Å². The molecule has 34 heavy (non-hydrogen) atoms. The number of alkyl carbamates (subject to hydrolysis) is 1. The van der Waals surface area contributed by atoms with Crippen LogP contribution in [0.25, 0.3) is 0 Å². The Balaban J connectivity index is 2.14. The van der Waals surface area contributed by atoms with Gasteiger partial charge in [-0.3, -0.25) is 4.79 Å². The van der Waals surface area contributed by atoms with Crippen LogP contribution in [0.2, 0.25) is 0 Å². The highest BCUT2D eigenvalue weighted by molar-refractivity contribution is 7.89. The predicted molar refractivity (Wildman–Crippen MR) is 127 cm³/mol. The first-order valence-corrected chi connectivity index (χ1v) is 13.0. The van der Waals surface area contributed by atoms with E-state index >= 15 is 0 Å². The van der Waals surface area contributed by atoms with Gasteiger partial charge in [-0.15, -0.1) is 0 Å². The van der Waals surface area contributed by atoms with E-state index in [1.807, 2.05) is 20.8 Å². The van der Waals surface area contributed by atoms with Gasteiger partial charge in [0.25, 0.3) is 10.0 Å². The summed E-state index contributed by atoms with van der Waals surface area (Å²) in [5.41, 5.74) is -0.711. The quantitative estimate of drug-likeness (QED) is 0.522. The van der Waals surface area contributed by atoms with Crippen molar-refractivity contribution >= 4 is 22.0 Å². The van der Waals surface area contributed by atoms with Gasteiger partial charge in [0.05, 0.1) is 12.1 Å². The molecule has 1 aromatic rings. The van der Waals surface area contributed by atoms with Gasteiger partial charge in [-0.1, -0.05) is 26.8 Å². The molecule has 11 heteroatoms. The van der Waals surface area contributed by atoms with E-state index in [4.69, 9.17) is 4.74 Å². The van der Waals surface area contributed by atoms with Crippen LogP contribution in [-0.2, 0) is 19.6 Å². The number of aliphatic hydroxyl groups is 1. The van der Waals surface area contributed by atoms with Crippen molar-refractivity contribution < 1.29 is 27.9 Å². The SMILES string of the molecule is CC(C)CC(NC(=O)OC(C)(C)C)C(=O)NC1C(C)CCN(S(=O)(=O)c2ccccn2)CC1O. The normalized spacial score (nSPS) is 23.1. The van der Waals surface area contributed by atoms with Crippen LogP contribution < -0.4 is 10.6 Å². The first kappa shape index (κ1) is 28.0.